The topological polar surface area (TPSA) is 0 Å². The fourth-order valence-corrected chi connectivity index (χ4v) is 7.24. The number of unbranched alkanes of at least 4 members (excludes halogenated alkanes) is 3. The minimum Gasteiger partial charge on any atom is -0.194 e. The number of hydrogen-bond acceptors (Lipinski definition) is 0. The molecule has 0 aliphatic heterocycles. The first-order chi connectivity index (χ1) is 23.5. The Balaban J connectivity index is 1.75. The van der Waals surface area contributed by atoms with Crippen LogP contribution in [0, 0.1) is 17.8 Å². The van der Waals surface area contributed by atoms with Crippen molar-refractivity contribution in [2.45, 2.75) is 150 Å². The summed E-state index contributed by atoms with van der Waals surface area (Å²) >= 11 is 0. The summed E-state index contributed by atoms with van der Waals surface area (Å²) in [5, 5.41) is 0. The fourth-order valence-electron chi connectivity index (χ4n) is 7.24. The quantitative estimate of drug-likeness (QED) is 0.123. The zero-order chi connectivity index (χ0) is 40.0. The van der Waals surface area contributed by atoms with Crippen LogP contribution in [0.25, 0.3) is 0 Å². The second-order valence-electron chi connectivity index (χ2n) is 14.0. The lowest BCUT2D eigenvalue weighted by Crippen LogP contribution is -2.75. The highest BCUT2D eigenvalue weighted by Gasteiger charge is 2.96. The van der Waals surface area contributed by atoms with E-state index in [9.17, 15) is 83.4 Å². The van der Waals surface area contributed by atoms with Gasteiger partial charge < -0.3 is 0 Å². The van der Waals surface area contributed by atoms with Gasteiger partial charge in [0.05, 0.1) is 0 Å². The molecule has 0 heterocycles. The van der Waals surface area contributed by atoms with Crippen molar-refractivity contribution < 1.29 is 83.4 Å². The van der Waals surface area contributed by atoms with Gasteiger partial charge in [0.2, 0.25) is 0 Å². The molecule has 3 rings (SSSR count). The largest absolute Gasteiger partial charge is 0.460 e. The molecule has 0 atom stereocenters. The molecule has 1 aromatic carbocycles. The summed E-state index contributed by atoms with van der Waals surface area (Å²) in [5.74, 6) is -65.5. The van der Waals surface area contributed by atoms with E-state index < -0.39 is 59.1 Å². The Morgan fingerprint density at radius 1 is 0.442 bits per heavy atom. The van der Waals surface area contributed by atoms with Crippen molar-refractivity contribution in [3.8, 4) is 0 Å². The van der Waals surface area contributed by atoms with Gasteiger partial charge in [0.15, 0.2) is 0 Å². The van der Waals surface area contributed by atoms with Crippen molar-refractivity contribution in [2.75, 3.05) is 0 Å². The maximum Gasteiger partial charge on any atom is 0.460 e. The number of alkyl halides is 19. The molecule has 302 valence electrons. The molecule has 52 heavy (non-hydrogen) atoms. The molecule has 19 heteroatoms. The monoisotopic (exact) mass is 794 g/mol. The summed E-state index contributed by atoms with van der Waals surface area (Å²) in [7, 11) is 0. The van der Waals surface area contributed by atoms with Crippen LogP contribution in [0.1, 0.15) is 107 Å². The molecule has 0 radical (unpaired) electrons. The van der Waals surface area contributed by atoms with Crippen molar-refractivity contribution in [1.82, 2.24) is 0 Å². The molecule has 0 bridgehead atoms. The summed E-state index contributed by atoms with van der Waals surface area (Å²) in [5.41, 5.74) is -2.03. The average molecular weight is 795 g/mol. The number of benzene rings is 1. The Morgan fingerprint density at radius 3 is 1.23 bits per heavy atom. The molecule has 2 saturated carbocycles. The first-order valence-corrected chi connectivity index (χ1v) is 16.7. The van der Waals surface area contributed by atoms with E-state index in [1.807, 2.05) is 0 Å². The first kappa shape index (κ1) is 44.3. The Kier molecular flexibility index (Phi) is 12.6. The van der Waals surface area contributed by atoms with Gasteiger partial charge in [-0.25, -0.2) is 0 Å². The van der Waals surface area contributed by atoms with Gasteiger partial charge >= 0.3 is 53.6 Å². The van der Waals surface area contributed by atoms with Gasteiger partial charge in [-0.15, -0.1) is 0 Å². The maximum absolute atomic E-state index is 14.8. The Bertz CT molecular complexity index is 1300. The van der Waals surface area contributed by atoms with Gasteiger partial charge in [0.25, 0.3) is 0 Å². The van der Waals surface area contributed by atoms with Gasteiger partial charge in [-0.05, 0) is 67.8 Å². The number of halogens is 19. The van der Waals surface area contributed by atoms with Crippen LogP contribution >= 0.6 is 0 Å². The summed E-state index contributed by atoms with van der Waals surface area (Å²) in [4.78, 5) is 0. The second-order valence-corrected chi connectivity index (χ2v) is 14.0. The van der Waals surface area contributed by atoms with Crippen LogP contribution in [0.3, 0.4) is 0 Å². The van der Waals surface area contributed by atoms with Gasteiger partial charge in [-0.2, -0.15) is 83.4 Å². The van der Waals surface area contributed by atoms with Crippen molar-refractivity contribution in [3.05, 3.63) is 35.4 Å². The van der Waals surface area contributed by atoms with Crippen LogP contribution in [0.2, 0.25) is 0 Å². The summed E-state index contributed by atoms with van der Waals surface area (Å²) in [6, 6.07) is 1.53. The molecule has 0 amide bonds. The minimum absolute atomic E-state index is 0.0378. The summed E-state index contributed by atoms with van der Waals surface area (Å²) in [6.07, 6.45) is 4.68. The molecular formula is C33H37F19. The highest BCUT2D eigenvalue weighted by Crippen LogP contribution is 2.66. The van der Waals surface area contributed by atoms with E-state index >= 15 is 0 Å². The predicted octanol–water partition coefficient (Wildman–Crippen LogP) is 13.8. The molecule has 0 N–H and O–H groups in total. The molecule has 2 aliphatic carbocycles. The highest BCUT2D eigenvalue weighted by molar-refractivity contribution is 5.31. The standard InChI is InChI=1S/C33H37F19/c1-2-3-4-5-6-19-7-9-20(10-8-19)21-11-13-22(14-12-21)23-15-17-24(18-16-23)25(34,35)26(36,37)27(38,39)28(40,41)29(42,43)30(44,45)31(46,47)32(48,49)33(50,51)52/h15-22H,2-14H2,1H3. The number of rotatable bonds is 15. The molecule has 0 saturated heterocycles. The molecule has 0 unspecified atom stereocenters. The summed E-state index contributed by atoms with van der Waals surface area (Å²) < 4.78 is 261. The third-order valence-corrected chi connectivity index (χ3v) is 10.7. The van der Waals surface area contributed by atoms with E-state index in [-0.39, 0.29) is 23.6 Å². The average Bonchev–Trinajstić information content (AvgIpc) is 3.06. The number of hydrogen-bond donors (Lipinski definition) is 0. The van der Waals surface area contributed by atoms with Crippen molar-refractivity contribution in [2.24, 2.45) is 17.8 Å². The first-order valence-electron chi connectivity index (χ1n) is 16.7. The normalized spacial score (nSPS) is 23.9. The van der Waals surface area contributed by atoms with Crippen LogP contribution in [0.4, 0.5) is 83.4 Å². The van der Waals surface area contributed by atoms with Gasteiger partial charge in [-0.3, -0.25) is 0 Å². The van der Waals surface area contributed by atoms with Gasteiger partial charge in [0, 0.05) is 5.56 Å². The van der Waals surface area contributed by atoms with E-state index in [0.717, 1.165) is 44.2 Å². The van der Waals surface area contributed by atoms with Crippen LogP contribution in [0.5, 0.6) is 0 Å². The predicted molar refractivity (Wildman–Crippen MR) is 150 cm³/mol. The van der Waals surface area contributed by atoms with Crippen LogP contribution in [0.15, 0.2) is 24.3 Å². The fraction of sp³-hybridized carbons (Fsp3) is 0.818. The van der Waals surface area contributed by atoms with Crippen molar-refractivity contribution in [1.29, 1.82) is 0 Å². The Labute approximate surface area is 286 Å². The van der Waals surface area contributed by atoms with Crippen LogP contribution in [-0.4, -0.2) is 47.6 Å². The van der Waals surface area contributed by atoms with Crippen molar-refractivity contribution in [3.63, 3.8) is 0 Å². The smallest absolute Gasteiger partial charge is 0.194 e. The van der Waals surface area contributed by atoms with E-state index in [1.165, 1.54) is 25.7 Å². The summed E-state index contributed by atoms with van der Waals surface area (Å²) in [6.45, 7) is 2.13. The molecule has 0 spiro atoms. The lowest BCUT2D eigenvalue weighted by atomic mass is 9.68. The minimum atomic E-state index is -8.92. The van der Waals surface area contributed by atoms with Gasteiger partial charge in [0.1, 0.15) is 0 Å². The zero-order valence-corrected chi connectivity index (χ0v) is 27.5. The van der Waals surface area contributed by atoms with E-state index in [1.54, 1.807) is 0 Å². The van der Waals surface area contributed by atoms with Crippen molar-refractivity contribution >= 4 is 0 Å². The SMILES string of the molecule is CCCCCCC1CCC(C2CCC(c3ccc(C(F)(F)C(F)(F)C(F)(F)C(F)(F)C(F)(F)C(F)(F)C(F)(F)C(F)(F)C(F)(F)F)cc3)CC2)CC1. The molecule has 1 aromatic rings. The molecular weight excluding hydrogens is 757 g/mol. The molecule has 2 fully saturated rings. The lowest BCUT2D eigenvalue weighted by molar-refractivity contribution is -0.469. The second kappa shape index (κ2) is 14.9. The van der Waals surface area contributed by atoms with Gasteiger partial charge in [-0.1, -0.05) is 76.1 Å². The highest BCUT2D eigenvalue weighted by atomic mass is 19.4. The third-order valence-electron chi connectivity index (χ3n) is 10.7. The molecule has 0 nitrogen and oxygen atoms in total. The van der Waals surface area contributed by atoms with Crippen LogP contribution < -0.4 is 0 Å². The zero-order valence-electron chi connectivity index (χ0n) is 27.5. The molecule has 0 aromatic heterocycles. The van der Waals surface area contributed by atoms with E-state index in [4.69, 9.17) is 0 Å². The third kappa shape index (κ3) is 7.33. The van der Waals surface area contributed by atoms with E-state index in [2.05, 4.69) is 6.92 Å². The Hall–Kier alpha value is -2.11. The van der Waals surface area contributed by atoms with E-state index in [0.29, 0.717) is 43.4 Å². The lowest BCUT2D eigenvalue weighted by Gasteiger charge is -2.43. The maximum atomic E-state index is 14.8. The molecule has 2 aliphatic rings. The van der Waals surface area contributed by atoms with Crippen LogP contribution in [-0.2, 0) is 5.92 Å². The Morgan fingerprint density at radius 2 is 0.827 bits per heavy atom.